The van der Waals surface area contributed by atoms with E-state index in [1.165, 1.54) is 0 Å². The molecule has 22 heavy (non-hydrogen) atoms. The first kappa shape index (κ1) is 14.9. The van der Waals surface area contributed by atoms with E-state index in [1.807, 2.05) is 37.8 Å². The average Bonchev–Trinajstić information content (AvgIpc) is 2.53. The monoisotopic (exact) mass is 297 g/mol. The van der Waals surface area contributed by atoms with Crippen molar-refractivity contribution in [3.63, 3.8) is 0 Å². The molecule has 1 fully saturated rings. The van der Waals surface area contributed by atoms with Crippen molar-refractivity contribution < 1.29 is 4.79 Å². The second-order valence-electron chi connectivity index (χ2n) is 7.10. The molecule has 2 aromatic rings. The van der Waals surface area contributed by atoms with E-state index in [4.69, 9.17) is 4.98 Å². The summed E-state index contributed by atoms with van der Waals surface area (Å²) in [4.78, 5) is 23.4. The van der Waals surface area contributed by atoms with Crippen LogP contribution < -0.4 is 0 Å². The molecular formula is C18H23N3O. The summed E-state index contributed by atoms with van der Waals surface area (Å²) in [6.45, 7) is 7.60. The summed E-state index contributed by atoms with van der Waals surface area (Å²) in [5.41, 5.74) is 1.63. The van der Waals surface area contributed by atoms with Crippen LogP contribution in [-0.4, -0.2) is 33.9 Å². The minimum atomic E-state index is -0.294. The van der Waals surface area contributed by atoms with Gasteiger partial charge in [-0.3, -0.25) is 4.79 Å². The molecule has 0 N–H and O–H groups in total. The molecule has 0 radical (unpaired) electrons. The summed E-state index contributed by atoms with van der Waals surface area (Å²) in [6, 6.07) is 8.16. The van der Waals surface area contributed by atoms with Gasteiger partial charge in [0, 0.05) is 41.7 Å². The van der Waals surface area contributed by atoms with E-state index in [-0.39, 0.29) is 11.3 Å². The molecule has 0 spiro atoms. The van der Waals surface area contributed by atoms with Gasteiger partial charge in [-0.25, -0.2) is 9.97 Å². The van der Waals surface area contributed by atoms with Gasteiger partial charge >= 0.3 is 0 Å². The number of carbonyl (C=O) groups excluding carboxylic acids is 1. The Labute approximate surface area is 131 Å². The lowest BCUT2D eigenvalue weighted by molar-refractivity contribution is -0.140. The summed E-state index contributed by atoms with van der Waals surface area (Å²) in [6.07, 6.45) is 3.74. The van der Waals surface area contributed by atoms with Gasteiger partial charge in [-0.2, -0.15) is 0 Å². The maximum absolute atomic E-state index is 12.3. The van der Waals surface area contributed by atoms with Gasteiger partial charge in [-0.15, -0.1) is 0 Å². The highest BCUT2D eigenvalue weighted by atomic mass is 16.2. The first-order chi connectivity index (χ1) is 10.4. The summed E-state index contributed by atoms with van der Waals surface area (Å²) < 4.78 is 0. The topological polar surface area (TPSA) is 46.1 Å². The first-order valence-corrected chi connectivity index (χ1v) is 7.96. The molecule has 0 saturated carbocycles. The van der Waals surface area contributed by atoms with Crippen LogP contribution in [0, 0.1) is 5.41 Å². The summed E-state index contributed by atoms with van der Waals surface area (Å²) >= 11 is 0. The molecule has 3 heterocycles. The Balaban J connectivity index is 1.71. The van der Waals surface area contributed by atoms with Crippen LogP contribution >= 0.6 is 0 Å². The molecule has 0 aliphatic carbocycles. The van der Waals surface area contributed by atoms with E-state index in [2.05, 4.69) is 17.1 Å². The molecule has 4 heteroatoms. The van der Waals surface area contributed by atoms with Gasteiger partial charge in [-0.05, 0) is 37.1 Å². The normalized spacial score (nSPS) is 17.0. The summed E-state index contributed by atoms with van der Waals surface area (Å²) in [5, 5.41) is 1.08. The van der Waals surface area contributed by atoms with Crippen molar-refractivity contribution in [3.05, 3.63) is 36.2 Å². The van der Waals surface area contributed by atoms with Crippen LogP contribution in [0.15, 0.2) is 30.5 Å². The predicted molar refractivity (Wildman–Crippen MR) is 87.5 cm³/mol. The fourth-order valence-corrected chi connectivity index (χ4v) is 3.05. The number of carbonyl (C=O) groups is 1. The Hall–Kier alpha value is -1.97. The van der Waals surface area contributed by atoms with E-state index in [0.717, 1.165) is 42.7 Å². The van der Waals surface area contributed by atoms with Crippen LogP contribution in [0.25, 0.3) is 11.0 Å². The molecule has 116 valence electrons. The number of hydrogen-bond acceptors (Lipinski definition) is 3. The minimum Gasteiger partial charge on any atom is -0.342 e. The molecule has 0 bridgehead atoms. The van der Waals surface area contributed by atoms with Crippen LogP contribution in [0.2, 0.25) is 0 Å². The minimum absolute atomic E-state index is 0.249. The largest absolute Gasteiger partial charge is 0.342 e. The molecule has 1 amide bonds. The van der Waals surface area contributed by atoms with E-state index < -0.39 is 0 Å². The third kappa shape index (κ3) is 2.96. The van der Waals surface area contributed by atoms with Gasteiger partial charge in [0.15, 0.2) is 5.65 Å². The fraction of sp³-hybridized carbons (Fsp3) is 0.500. The zero-order valence-electron chi connectivity index (χ0n) is 13.5. The van der Waals surface area contributed by atoms with Crippen LogP contribution in [-0.2, 0) is 4.79 Å². The van der Waals surface area contributed by atoms with Gasteiger partial charge in [-0.1, -0.05) is 20.8 Å². The number of likely N-dealkylation sites (tertiary alicyclic amines) is 1. The zero-order valence-corrected chi connectivity index (χ0v) is 13.5. The highest BCUT2D eigenvalue weighted by molar-refractivity contribution is 5.81. The Bertz CT molecular complexity index is 682. The Morgan fingerprint density at radius 1 is 1.18 bits per heavy atom. The Morgan fingerprint density at radius 3 is 2.59 bits per heavy atom. The van der Waals surface area contributed by atoms with Gasteiger partial charge < -0.3 is 4.90 Å². The molecule has 2 aromatic heterocycles. The molecule has 1 aliphatic rings. The zero-order chi connectivity index (χ0) is 15.7. The lowest BCUT2D eigenvalue weighted by atomic mass is 9.89. The van der Waals surface area contributed by atoms with Crippen LogP contribution in [0.4, 0.5) is 0 Å². The number of pyridine rings is 2. The van der Waals surface area contributed by atoms with Crippen molar-refractivity contribution in [2.75, 3.05) is 13.1 Å². The smallest absolute Gasteiger partial charge is 0.227 e. The summed E-state index contributed by atoms with van der Waals surface area (Å²) in [5.74, 6) is 0.675. The van der Waals surface area contributed by atoms with Crippen LogP contribution in [0.3, 0.4) is 0 Å². The highest BCUT2D eigenvalue weighted by Crippen LogP contribution is 2.29. The van der Waals surface area contributed by atoms with Crippen molar-refractivity contribution in [2.45, 2.75) is 39.5 Å². The molecule has 0 atom stereocenters. The van der Waals surface area contributed by atoms with Crippen molar-refractivity contribution in [1.82, 2.24) is 14.9 Å². The van der Waals surface area contributed by atoms with Crippen molar-refractivity contribution in [1.29, 1.82) is 0 Å². The predicted octanol–water partition coefficient (Wildman–Crippen LogP) is 3.38. The second kappa shape index (κ2) is 5.67. The van der Waals surface area contributed by atoms with Gasteiger partial charge in [0.1, 0.15) is 0 Å². The van der Waals surface area contributed by atoms with E-state index in [9.17, 15) is 4.79 Å². The maximum atomic E-state index is 12.3. The third-order valence-electron chi connectivity index (χ3n) is 4.33. The maximum Gasteiger partial charge on any atom is 0.227 e. The molecule has 1 saturated heterocycles. The van der Waals surface area contributed by atoms with Gasteiger partial charge in [0.25, 0.3) is 0 Å². The molecule has 0 aromatic carbocycles. The van der Waals surface area contributed by atoms with Crippen LogP contribution in [0.5, 0.6) is 0 Å². The van der Waals surface area contributed by atoms with E-state index >= 15 is 0 Å². The number of aromatic nitrogens is 2. The molecule has 3 rings (SSSR count). The quantitative estimate of drug-likeness (QED) is 0.810. The number of fused-ring (bicyclic) bond motifs is 1. The highest BCUT2D eigenvalue weighted by Gasteiger charge is 2.31. The average molecular weight is 297 g/mol. The van der Waals surface area contributed by atoms with Gasteiger partial charge in [0.2, 0.25) is 5.91 Å². The van der Waals surface area contributed by atoms with Crippen LogP contribution in [0.1, 0.15) is 45.2 Å². The Morgan fingerprint density at radius 2 is 1.91 bits per heavy atom. The lowest BCUT2D eigenvalue weighted by Gasteiger charge is -2.35. The standard InChI is InChI=1S/C18H23N3O/c1-18(2,3)17(22)21-11-8-13(9-12-21)15-7-6-14-5-4-10-19-16(14)20-15/h4-7,10,13H,8-9,11-12H2,1-3H3. The van der Waals surface area contributed by atoms with E-state index in [1.54, 1.807) is 6.20 Å². The number of rotatable bonds is 1. The molecular weight excluding hydrogens is 274 g/mol. The van der Waals surface area contributed by atoms with Crippen molar-refractivity contribution >= 4 is 16.9 Å². The molecule has 0 unspecified atom stereocenters. The second-order valence-corrected chi connectivity index (χ2v) is 7.10. The number of piperidine rings is 1. The van der Waals surface area contributed by atoms with Crippen molar-refractivity contribution in [2.24, 2.45) is 5.41 Å². The lowest BCUT2D eigenvalue weighted by Crippen LogP contribution is -2.43. The molecule has 1 aliphatic heterocycles. The number of hydrogen-bond donors (Lipinski definition) is 0. The molecule has 4 nitrogen and oxygen atoms in total. The SMILES string of the molecule is CC(C)(C)C(=O)N1CCC(c2ccc3cccnc3n2)CC1. The first-order valence-electron chi connectivity index (χ1n) is 7.96. The summed E-state index contributed by atoms with van der Waals surface area (Å²) in [7, 11) is 0. The van der Waals surface area contributed by atoms with Crippen molar-refractivity contribution in [3.8, 4) is 0 Å². The van der Waals surface area contributed by atoms with E-state index in [0.29, 0.717) is 5.92 Å². The number of amides is 1. The fourth-order valence-electron chi connectivity index (χ4n) is 3.05. The Kier molecular flexibility index (Phi) is 3.85. The third-order valence-corrected chi connectivity index (χ3v) is 4.33. The number of nitrogens with zero attached hydrogens (tertiary/aromatic N) is 3. The van der Waals surface area contributed by atoms with Gasteiger partial charge in [0.05, 0.1) is 0 Å².